The second-order valence-electron chi connectivity index (χ2n) is 6.65. The molecular weight excluding hydrogens is 295 g/mol. The fraction of sp³-hybridized carbons (Fsp3) is 0.706. The molecule has 0 radical (unpaired) electrons. The van der Waals surface area contributed by atoms with Crippen molar-refractivity contribution >= 4 is 5.82 Å². The minimum absolute atomic E-state index is 0.157. The van der Waals surface area contributed by atoms with Crippen LogP contribution in [-0.4, -0.2) is 78.9 Å². The van der Waals surface area contributed by atoms with Crippen LogP contribution in [0.25, 0.3) is 0 Å². The van der Waals surface area contributed by atoms with Crippen LogP contribution < -0.4 is 4.90 Å². The molecule has 0 unspecified atom stereocenters. The number of aliphatic hydroxyl groups is 1. The molecule has 23 heavy (non-hydrogen) atoms. The first kappa shape index (κ1) is 16.6. The molecule has 1 aromatic rings. The quantitative estimate of drug-likeness (QED) is 0.873. The predicted octanol–water partition coefficient (Wildman–Crippen LogP) is 0.903. The molecule has 3 rings (SSSR count). The van der Waals surface area contributed by atoms with Crippen molar-refractivity contribution < 1.29 is 9.50 Å². The van der Waals surface area contributed by atoms with Crippen LogP contribution in [0.1, 0.15) is 6.92 Å². The topological polar surface area (TPSA) is 42.8 Å². The molecule has 3 heterocycles. The number of aromatic nitrogens is 1. The maximum atomic E-state index is 14.0. The molecule has 6 heteroatoms. The van der Waals surface area contributed by atoms with Crippen LogP contribution in [0.5, 0.6) is 0 Å². The van der Waals surface area contributed by atoms with E-state index in [0.717, 1.165) is 45.8 Å². The van der Waals surface area contributed by atoms with Gasteiger partial charge in [-0.05, 0) is 24.6 Å². The minimum atomic E-state index is -0.276. The predicted molar refractivity (Wildman–Crippen MR) is 89.0 cm³/mol. The molecular formula is C17H27FN4O. The molecule has 0 aliphatic carbocycles. The van der Waals surface area contributed by atoms with Crippen LogP contribution in [0.2, 0.25) is 0 Å². The SMILES string of the molecule is CCN1CCN(C[C@@H]2CN(c3ncccc3F)C[C@@H]2CO)CC1. The lowest BCUT2D eigenvalue weighted by atomic mass is 9.96. The maximum Gasteiger partial charge on any atom is 0.165 e. The van der Waals surface area contributed by atoms with Crippen LogP contribution >= 0.6 is 0 Å². The van der Waals surface area contributed by atoms with E-state index >= 15 is 0 Å². The number of rotatable bonds is 5. The highest BCUT2D eigenvalue weighted by Gasteiger charge is 2.35. The van der Waals surface area contributed by atoms with E-state index in [1.807, 2.05) is 4.90 Å². The molecule has 1 N–H and O–H groups in total. The second-order valence-corrected chi connectivity index (χ2v) is 6.65. The van der Waals surface area contributed by atoms with Crippen LogP contribution in [0, 0.1) is 17.7 Å². The Morgan fingerprint density at radius 2 is 1.87 bits per heavy atom. The van der Waals surface area contributed by atoms with Gasteiger partial charge >= 0.3 is 0 Å². The third kappa shape index (κ3) is 3.82. The molecule has 0 saturated carbocycles. The van der Waals surface area contributed by atoms with Gasteiger partial charge in [0.2, 0.25) is 0 Å². The van der Waals surface area contributed by atoms with E-state index in [2.05, 4.69) is 21.7 Å². The molecule has 2 fully saturated rings. The Balaban J connectivity index is 1.60. The van der Waals surface area contributed by atoms with E-state index < -0.39 is 0 Å². The van der Waals surface area contributed by atoms with Crippen LogP contribution in [0.3, 0.4) is 0 Å². The largest absolute Gasteiger partial charge is 0.396 e. The van der Waals surface area contributed by atoms with Gasteiger partial charge in [-0.3, -0.25) is 0 Å². The van der Waals surface area contributed by atoms with Gasteiger partial charge in [-0.25, -0.2) is 9.37 Å². The van der Waals surface area contributed by atoms with Crippen molar-refractivity contribution in [2.75, 3.05) is 63.9 Å². The zero-order valence-electron chi connectivity index (χ0n) is 13.9. The Bertz CT molecular complexity index is 507. The van der Waals surface area contributed by atoms with Crippen molar-refractivity contribution in [3.8, 4) is 0 Å². The fourth-order valence-corrected chi connectivity index (χ4v) is 3.76. The first-order chi connectivity index (χ1) is 11.2. The van der Waals surface area contributed by atoms with Crippen molar-refractivity contribution in [3.63, 3.8) is 0 Å². The molecule has 5 nitrogen and oxygen atoms in total. The van der Waals surface area contributed by atoms with Crippen LogP contribution in [0.4, 0.5) is 10.2 Å². The van der Waals surface area contributed by atoms with Crippen LogP contribution in [0.15, 0.2) is 18.3 Å². The number of hydrogen-bond acceptors (Lipinski definition) is 5. The third-order valence-electron chi connectivity index (χ3n) is 5.25. The lowest BCUT2D eigenvalue weighted by Gasteiger charge is -2.36. The number of likely N-dealkylation sites (N-methyl/N-ethyl adjacent to an activating group) is 1. The van der Waals surface area contributed by atoms with E-state index in [1.165, 1.54) is 6.07 Å². The first-order valence-corrected chi connectivity index (χ1v) is 8.62. The third-order valence-corrected chi connectivity index (χ3v) is 5.25. The van der Waals surface area contributed by atoms with E-state index in [-0.39, 0.29) is 18.3 Å². The van der Waals surface area contributed by atoms with Crippen molar-refractivity contribution in [2.45, 2.75) is 6.92 Å². The normalized spacial score (nSPS) is 26.8. The highest BCUT2D eigenvalue weighted by Crippen LogP contribution is 2.29. The number of halogens is 1. The molecule has 2 atom stereocenters. The lowest BCUT2D eigenvalue weighted by molar-refractivity contribution is 0.106. The molecule has 0 aromatic carbocycles. The summed E-state index contributed by atoms with van der Waals surface area (Å²) >= 11 is 0. The zero-order valence-corrected chi connectivity index (χ0v) is 13.9. The van der Waals surface area contributed by atoms with Gasteiger partial charge in [0, 0.05) is 64.5 Å². The smallest absolute Gasteiger partial charge is 0.165 e. The number of piperazine rings is 1. The molecule has 0 spiro atoms. The van der Waals surface area contributed by atoms with Gasteiger partial charge in [0.1, 0.15) is 0 Å². The summed E-state index contributed by atoms with van der Waals surface area (Å²) in [6.45, 7) is 10.3. The van der Waals surface area contributed by atoms with Crippen molar-refractivity contribution in [1.29, 1.82) is 0 Å². The van der Waals surface area contributed by atoms with Crippen molar-refractivity contribution in [3.05, 3.63) is 24.1 Å². The van der Waals surface area contributed by atoms with Crippen molar-refractivity contribution in [1.82, 2.24) is 14.8 Å². The van der Waals surface area contributed by atoms with E-state index in [0.29, 0.717) is 18.3 Å². The van der Waals surface area contributed by atoms with E-state index in [4.69, 9.17) is 0 Å². The van der Waals surface area contributed by atoms with Gasteiger partial charge in [0.25, 0.3) is 0 Å². The highest BCUT2D eigenvalue weighted by molar-refractivity contribution is 5.41. The summed E-state index contributed by atoms with van der Waals surface area (Å²) in [6, 6.07) is 3.07. The van der Waals surface area contributed by atoms with Gasteiger partial charge in [-0.1, -0.05) is 6.92 Å². The molecule has 1 aromatic heterocycles. The Labute approximate surface area is 137 Å². The minimum Gasteiger partial charge on any atom is -0.396 e. The van der Waals surface area contributed by atoms with Gasteiger partial charge in [-0.2, -0.15) is 0 Å². The number of anilines is 1. The summed E-state index contributed by atoms with van der Waals surface area (Å²) in [4.78, 5) is 11.1. The number of hydrogen-bond donors (Lipinski definition) is 1. The molecule has 2 aliphatic heterocycles. The summed E-state index contributed by atoms with van der Waals surface area (Å²) in [6.07, 6.45) is 1.63. The van der Waals surface area contributed by atoms with Gasteiger partial charge in [0.05, 0.1) is 0 Å². The standard InChI is InChI=1S/C17H27FN4O/c1-2-20-6-8-21(9-7-20)10-14-11-22(12-15(14)13-23)17-16(18)4-3-5-19-17/h3-5,14-15,23H,2,6-13H2,1H3/t14-,15-/m1/s1. The van der Waals surface area contributed by atoms with Gasteiger partial charge in [-0.15, -0.1) is 0 Å². The summed E-state index contributed by atoms with van der Waals surface area (Å²) in [5.41, 5.74) is 0. The first-order valence-electron chi connectivity index (χ1n) is 8.62. The number of pyridine rings is 1. The average Bonchev–Trinajstić information content (AvgIpc) is 2.98. The number of nitrogens with zero attached hydrogens (tertiary/aromatic N) is 4. The molecule has 128 valence electrons. The fourth-order valence-electron chi connectivity index (χ4n) is 3.76. The second kappa shape index (κ2) is 7.55. The van der Waals surface area contributed by atoms with Gasteiger partial charge in [0.15, 0.2) is 11.6 Å². The summed E-state index contributed by atoms with van der Waals surface area (Å²) < 4.78 is 14.0. The average molecular weight is 322 g/mol. The Kier molecular flexibility index (Phi) is 5.46. The Morgan fingerprint density at radius 3 is 2.52 bits per heavy atom. The van der Waals surface area contributed by atoms with Crippen molar-refractivity contribution in [2.24, 2.45) is 11.8 Å². The van der Waals surface area contributed by atoms with Gasteiger partial charge < -0.3 is 19.8 Å². The molecule has 2 saturated heterocycles. The maximum absolute atomic E-state index is 14.0. The summed E-state index contributed by atoms with van der Waals surface area (Å²) in [5.74, 6) is 0.709. The Morgan fingerprint density at radius 1 is 1.17 bits per heavy atom. The highest BCUT2D eigenvalue weighted by atomic mass is 19.1. The molecule has 0 bridgehead atoms. The summed E-state index contributed by atoms with van der Waals surface area (Å²) in [5, 5.41) is 9.71. The lowest BCUT2D eigenvalue weighted by Crippen LogP contribution is -2.48. The van der Waals surface area contributed by atoms with E-state index in [1.54, 1.807) is 12.3 Å². The molecule has 2 aliphatic rings. The van der Waals surface area contributed by atoms with Crippen LogP contribution in [-0.2, 0) is 0 Å². The number of aliphatic hydroxyl groups excluding tert-OH is 1. The Hall–Kier alpha value is -1.24. The van der Waals surface area contributed by atoms with E-state index in [9.17, 15) is 9.50 Å². The molecule has 0 amide bonds. The summed E-state index contributed by atoms with van der Waals surface area (Å²) in [7, 11) is 0. The monoisotopic (exact) mass is 322 g/mol. The zero-order chi connectivity index (χ0) is 16.2.